The van der Waals surface area contributed by atoms with Crippen molar-refractivity contribution < 1.29 is 28.9 Å². The summed E-state index contributed by atoms with van der Waals surface area (Å²) in [6, 6.07) is 10.6. The molecule has 2 atom stereocenters. The second kappa shape index (κ2) is 11.6. The second-order valence-electron chi connectivity index (χ2n) is 11.5. The van der Waals surface area contributed by atoms with E-state index >= 15 is 0 Å². The van der Waals surface area contributed by atoms with Gasteiger partial charge < -0.3 is 26.0 Å². The van der Waals surface area contributed by atoms with Gasteiger partial charge in [0, 0.05) is 25.1 Å². The maximum atomic E-state index is 13.7. The third-order valence-electron chi connectivity index (χ3n) is 7.49. The highest BCUT2D eigenvalue weighted by Crippen LogP contribution is 2.42. The minimum Gasteiger partial charge on any atom is -0.393 e. The summed E-state index contributed by atoms with van der Waals surface area (Å²) in [4.78, 5) is 11.9. The summed E-state index contributed by atoms with van der Waals surface area (Å²) < 4.78 is 27.5. The van der Waals surface area contributed by atoms with Gasteiger partial charge in [0.15, 0.2) is 0 Å². The molecule has 3 rings (SSSR count). The molecule has 1 aliphatic carbocycles. The molecule has 0 radical (unpaired) electrons. The highest BCUT2D eigenvalue weighted by molar-refractivity contribution is 5.73. The van der Waals surface area contributed by atoms with Gasteiger partial charge in [-0.15, -0.1) is 0 Å². The number of rotatable bonds is 9. The summed E-state index contributed by atoms with van der Waals surface area (Å²) in [5.74, 6) is -1.81. The summed E-state index contributed by atoms with van der Waals surface area (Å²) >= 11 is 0. The van der Waals surface area contributed by atoms with Gasteiger partial charge in [-0.2, -0.15) is 0 Å². The molecule has 5 N–H and O–H groups in total. The van der Waals surface area contributed by atoms with Crippen molar-refractivity contribution in [2.75, 3.05) is 13.2 Å². The van der Waals surface area contributed by atoms with Crippen LogP contribution in [0.25, 0.3) is 0 Å². The van der Waals surface area contributed by atoms with Gasteiger partial charge in [-0.05, 0) is 66.3 Å². The number of hydrogen-bond donors (Lipinski definition) is 5. The molecule has 0 aromatic heterocycles. The van der Waals surface area contributed by atoms with Crippen molar-refractivity contribution in [1.29, 1.82) is 0 Å². The zero-order chi connectivity index (χ0) is 27.4. The summed E-state index contributed by atoms with van der Waals surface area (Å²) in [5.41, 5.74) is 0.706. The van der Waals surface area contributed by atoms with Crippen LogP contribution in [0, 0.1) is 11.6 Å². The predicted octanol–water partition coefficient (Wildman–Crippen LogP) is 3.45. The Morgan fingerprint density at radius 2 is 1.68 bits per heavy atom. The Morgan fingerprint density at radius 3 is 2.22 bits per heavy atom. The molecule has 8 heteroatoms. The summed E-state index contributed by atoms with van der Waals surface area (Å²) in [6.07, 6.45) is 0.813. The number of aliphatic hydroxyl groups is 3. The van der Waals surface area contributed by atoms with Crippen LogP contribution in [-0.4, -0.2) is 52.1 Å². The van der Waals surface area contributed by atoms with Crippen LogP contribution >= 0.6 is 0 Å². The lowest BCUT2D eigenvalue weighted by Gasteiger charge is -2.45. The van der Waals surface area contributed by atoms with Crippen LogP contribution in [0.5, 0.6) is 0 Å². The molecular weight excluding hydrogens is 478 g/mol. The van der Waals surface area contributed by atoms with Crippen LogP contribution in [0.4, 0.5) is 8.78 Å². The van der Waals surface area contributed by atoms with E-state index in [-0.39, 0.29) is 30.9 Å². The Kier molecular flexibility index (Phi) is 9.11. The van der Waals surface area contributed by atoms with Crippen LogP contribution in [0.3, 0.4) is 0 Å². The van der Waals surface area contributed by atoms with E-state index in [0.29, 0.717) is 31.2 Å². The minimum absolute atomic E-state index is 0.0495. The maximum Gasteiger partial charge on any atom is 0.217 e. The highest BCUT2D eigenvalue weighted by Gasteiger charge is 2.43. The van der Waals surface area contributed by atoms with Crippen molar-refractivity contribution in [3.63, 3.8) is 0 Å². The lowest BCUT2D eigenvalue weighted by molar-refractivity contribution is -0.120. The fraction of sp³-hybridized carbons (Fsp3) is 0.552. The summed E-state index contributed by atoms with van der Waals surface area (Å²) in [5, 5.41) is 37.7. The first-order valence-corrected chi connectivity index (χ1v) is 12.8. The molecule has 0 aliphatic heterocycles. The molecule has 1 aliphatic rings. The lowest BCUT2D eigenvalue weighted by atomic mass is 9.70. The van der Waals surface area contributed by atoms with Gasteiger partial charge in [0.2, 0.25) is 5.91 Å². The predicted molar refractivity (Wildman–Crippen MR) is 139 cm³/mol. The van der Waals surface area contributed by atoms with Crippen molar-refractivity contribution >= 4 is 5.91 Å². The average molecular weight is 519 g/mol. The summed E-state index contributed by atoms with van der Waals surface area (Å²) in [7, 11) is 0. The van der Waals surface area contributed by atoms with Crippen LogP contribution < -0.4 is 10.6 Å². The number of halogens is 2. The van der Waals surface area contributed by atoms with Crippen LogP contribution in [0.15, 0.2) is 42.5 Å². The van der Waals surface area contributed by atoms with Gasteiger partial charge in [-0.1, -0.05) is 45.0 Å². The first kappa shape index (κ1) is 29.2. The fourth-order valence-electron chi connectivity index (χ4n) is 5.12. The molecule has 0 bridgehead atoms. The zero-order valence-electron chi connectivity index (χ0n) is 22.2. The molecule has 0 heterocycles. The van der Waals surface area contributed by atoms with Gasteiger partial charge >= 0.3 is 0 Å². The van der Waals surface area contributed by atoms with Crippen molar-refractivity contribution in [3.05, 3.63) is 70.8 Å². The van der Waals surface area contributed by atoms with E-state index in [2.05, 4.69) is 43.5 Å². The topological polar surface area (TPSA) is 102 Å². The van der Waals surface area contributed by atoms with Gasteiger partial charge in [0.1, 0.15) is 11.6 Å². The number of carbonyl (C=O) groups excluding carboxylic acids is 1. The molecule has 1 saturated carbocycles. The van der Waals surface area contributed by atoms with E-state index in [1.54, 1.807) is 0 Å². The number of hydrogen-bond acceptors (Lipinski definition) is 5. The maximum absolute atomic E-state index is 13.7. The Labute approximate surface area is 218 Å². The smallest absolute Gasteiger partial charge is 0.217 e. The summed E-state index contributed by atoms with van der Waals surface area (Å²) in [6.45, 7) is 7.51. The van der Waals surface area contributed by atoms with Crippen molar-refractivity contribution in [2.24, 2.45) is 0 Å². The molecule has 1 amide bonds. The van der Waals surface area contributed by atoms with E-state index < -0.39 is 34.9 Å². The number of carbonyl (C=O) groups is 1. The van der Waals surface area contributed by atoms with Crippen molar-refractivity contribution in [1.82, 2.24) is 10.6 Å². The van der Waals surface area contributed by atoms with Crippen molar-refractivity contribution in [3.8, 4) is 0 Å². The Hall–Kier alpha value is -2.39. The number of benzene rings is 2. The quantitative estimate of drug-likeness (QED) is 0.350. The van der Waals surface area contributed by atoms with E-state index in [9.17, 15) is 28.9 Å². The number of nitrogens with one attached hydrogen (secondary N) is 2. The SMILES string of the molecule is CC(=O)NC(Cc1cc(F)cc(F)c1)C(O)CNC1(c2cccc(C(C)(C)C)c2)CCC(O)(CO)CC1. The van der Waals surface area contributed by atoms with Gasteiger partial charge in [-0.3, -0.25) is 4.79 Å². The van der Waals surface area contributed by atoms with E-state index in [4.69, 9.17) is 0 Å². The molecule has 6 nitrogen and oxygen atoms in total. The standard InChI is InChI=1S/C29H40F2N2O4/c1-19(35)33-25(14-20-12-23(30)16-24(31)13-20)26(36)17-32-29(10-8-28(37,18-34)9-11-29)22-7-5-6-21(15-22)27(2,3)4/h5-7,12-13,15-16,25-26,32,34,36-37H,8-11,14,17-18H2,1-4H3,(H,33,35). The molecular formula is C29H40F2N2O4. The Balaban J connectivity index is 1.86. The van der Waals surface area contributed by atoms with Gasteiger partial charge in [-0.25, -0.2) is 8.78 Å². The van der Waals surface area contributed by atoms with Crippen LogP contribution in [0.1, 0.15) is 70.1 Å². The lowest BCUT2D eigenvalue weighted by Crippen LogP contribution is -2.55. The average Bonchev–Trinajstić information content (AvgIpc) is 2.82. The molecule has 0 spiro atoms. The molecule has 2 aromatic rings. The molecule has 0 saturated heterocycles. The molecule has 37 heavy (non-hydrogen) atoms. The molecule has 204 valence electrons. The Morgan fingerprint density at radius 1 is 1.05 bits per heavy atom. The molecule has 2 unspecified atom stereocenters. The normalized spacial score (nSPS) is 23.9. The third-order valence-corrected chi connectivity index (χ3v) is 7.49. The Bertz CT molecular complexity index is 1060. The molecule has 1 fully saturated rings. The third kappa shape index (κ3) is 7.57. The monoisotopic (exact) mass is 518 g/mol. The first-order valence-electron chi connectivity index (χ1n) is 12.8. The van der Waals surface area contributed by atoms with Crippen molar-refractivity contribution in [2.45, 2.75) is 88.5 Å². The van der Waals surface area contributed by atoms with Gasteiger partial charge in [0.25, 0.3) is 0 Å². The largest absolute Gasteiger partial charge is 0.393 e. The fourth-order valence-corrected chi connectivity index (χ4v) is 5.12. The zero-order valence-corrected chi connectivity index (χ0v) is 22.2. The van der Waals surface area contributed by atoms with Crippen LogP contribution in [0.2, 0.25) is 0 Å². The van der Waals surface area contributed by atoms with Crippen LogP contribution in [-0.2, 0) is 22.2 Å². The number of amides is 1. The minimum atomic E-state index is -1.15. The second-order valence-corrected chi connectivity index (χ2v) is 11.5. The number of aliphatic hydroxyl groups excluding tert-OH is 2. The van der Waals surface area contributed by atoms with Gasteiger partial charge in [0.05, 0.1) is 24.4 Å². The highest BCUT2D eigenvalue weighted by atomic mass is 19.1. The van der Waals surface area contributed by atoms with E-state index in [0.717, 1.165) is 17.2 Å². The van der Waals surface area contributed by atoms with E-state index in [1.807, 2.05) is 12.1 Å². The molecule has 2 aromatic carbocycles. The van der Waals surface area contributed by atoms with E-state index in [1.165, 1.54) is 19.1 Å². The first-order chi connectivity index (χ1) is 17.2.